The van der Waals surface area contributed by atoms with Crippen LogP contribution in [-0.2, 0) is 11.2 Å². The standard InChI is InChI=1S/C19H20N2O4/c1-24-17-5-3-4-14(19(17)25-2)12-18(23)21-11-10-16(20-21)13-6-8-15(22)9-7-13/h3-9,22H,10-12H2,1-2H3. The van der Waals surface area contributed by atoms with Crippen LogP contribution in [0.5, 0.6) is 17.2 Å². The van der Waals surface area contributed by atoms with E-state index in [9.17, 15) is 9.90 Å². The molecule has 0 saturated carbocycles. The van der Waals surface area contributed by atoms with Gasteiger partial charge >= 0.3 is 0 Å². The largest absolute Gasteiger partial charge is 0.508 e. The Labute approximate surface area is 146 Å². The molecular formula is C19H20N2O4. The van der Waals surface area contributed by atoms with E-state index in [0.29, 0.717) is 24.5 Å². The number of rotatable bonds is 5. The van der Waals surface area contributed by atoms with E-state index in [4.69, 9.17) is 9.47 Å². The smallest absolute Gasteiger partial charge is 0.247 e. The minimum absolute atomic E-state index is 0.0969. The lowest BCUT2D eigenvalue weighted by molar-refractivity contribution is -0.130. The number of hydrogen-bond acceptors (Lipinski definition) is 5. The van der Waals surface area contributed by atoms with E-state index >= 15 is 0 Å². The van der Waals surface area contributed by atoms with Crippen LogP contribution in [0.2, 0.25) is 0 Å². The third-order valence-corrected chi connectivity index (χ3v) is 4.12. The summed E-state index contributed by atoms with van der Waals surface area (Å²) < 4.78 is 10.6. The molecule has 2 aromatic carbocycles. The molecule has 25 heavy (non-hydrogen) atoms. The Bertz CT molecular complexity index is 800. The van der Waals surface area contributed by atoms with Crippen LogP contribution in [0.4, 0.5) is 0 Å². The zero-order valence-electron chi connectivity index (χ0n) is 14.2. The average molecular weight is 340 g/mol. The maximum absolute atomic E-state index is 12.6. The van der Waals surface area contributed by atoms with Gasteiger partial charge in [0.25, 0.3) is 0 Å². The van der Waals surface area contributed by atoms with Gasteiger partial charge in [-0.2, -0.15) is 5.10 Å². The third kappa shape index (κ3) is 3.57. The highest BCUT2D eigenvalue weighted by Crippen LogP contribution is 2.31. The van der Waals surface area contributed by atoms with Crippen molar-refractivity contribution < 1.29 is 19.4 Å². The van der Waals surface area contributed by atoms with Crippen molar-refractivity contribution >= 4 is 11.6 Å². The molecule has 0 atom stereocenters. The van der Waals surface area contributed by atoms with Crippen LogP contribution in [0.15, 0.2) is 47.6 Å². The summed E-state index contributed by atoms with van der Waals surface area (Å²) in [5.41, 5.74) is 2.51. The lowest BCUT2D eigenvalue weighted by Gasteiger charge is -2.15. The van der Waals surface area contributed by atoms with Gasteiger partial charge in [0, 0.05) is 12.0 Å². The number of hydrazone groups is 1. The van der Waals surface area contributed by atoms with Gasteiger partial charge in [-0.25, -0.2) is 5.01 Å². The van der Waals surface area contributed by atoms with Crippen LogP contribution in [0.3, 0.4) is 0 Å². The molecule has 1 aliphatic heterocycles. The summed E-state index contributed by atoms with van der Waals surface area (Å²) in [6.07, 6.45) is 0.874. The Morgan fingerprint density at radius 3 is 2.60 bits per heavy atom. The predicted octanol–water partition coefficient (Wildman–Crippen LogP) is 2.59. The van der Waals surface area contributed by atoms with E-state index in [2.05, 4.69) is 5.10 Å². The van der Waals surface area contributed by atoms with Crippen LogP contribution in [0, 0.1) is 0 Å². The second-order valence-electron chi connectivity index (χ2n) is 5.69. The summed E-state index contributed by atoms with van der Waals surface area (Å²) in [6.45, 7) is 0.543. The van der Waals surface area contributed by atoms with Crippen molar-refractivity contribution in [2.45, 2.75) is 12.8 Å². The lowest BCUT2D eigenvalue weighted by Crippen LogP contribution is -2.25. The summed E-state index contributed by atoms with van der Waals surface area (Å²) in [7, 11) is 3.13. The summed E-state index contributed by atoms with van der Waals surface area (Å²) in [5.74, 6) is 1.28. The highest BCUT2D eigenvalue weighted by atomic mass is 16.5. The van der Waals surface area contributed by atoms with Gasteiger partial charge in [0.05, 0.1) is 32.9 Å². The Kier molecular flexibility index (Phi) is 4.88. The number of benzene rings is 2. The number of carbonyl (C=O) groups excluding carboxylic acids is 1. The molecule has 0 radical (unpaired) electrons. The molecule has 1 aliphatic rings. The Hall–Kier alpha value is -3.02. The SMILES string of the molecule is COc1cccc(CC(=O)N2CCC(c3ccc(O)cc3)=N2)c1OC. The number of carbonyl (C=O) groups is 1. The lowest BCUT2D eigenvalue weighted by atomic mass is 10.1. The molecule has 0 bridgehead atoms. The average Bonchev–Trinajstić information content (AvgIpc) is 3.12. The number of nitrogens with zero attached hydrogens (tertiary/aromatic N) is 2. The summed E-state index contributed by atoms with van der Waals surface area (Å²) in [6, 6.07) is 12.3. The molecule has 1 amide bonds. The third-order valence-electron chi connectivity index (χ3n) is 4.12. The van der Waals surface area contributed by atoms with Crippen molar-refractivity contribution in [3.05, 3.63) is 53.6 Å². The Morgan fingerprint density at radius 1 is 1.16 bits per heavy atom. The molecule has 6 nitrogen and oxygen atoms in total. The monoisotopic (exact) mass is 340 g/mol. The van der Waals surface area contributed by atoms with Gasteiger partial charge in [0.2, 0.25) is 5.91 Å². The minimum Gasteiger partial charge on any atom is -0.508 e. The number of phenols is 1. The van der Waals surface area contributed by atoms with Gasteiger partial charge in [-0.05, 0) is 35.9 Å². The van der Waals surface area contributed by atoms with Crippen molar-refractivity contribution in [2.24, 2.45) is 5.10 Å². The number of methoxy groups -OCH3 is 2. The first-order chi connectivity index (χ1) is 12.1. The second-order valence-corrected chi connectivity index (χ2v) is 5.69. The maximum Gasteiger partial charge on any atom is 0.247 e. The fourth-order valence-electron chi connectivity index (χ4n) is 2.84. The summed E-state index contributed by atoms with van der Waals surface area (Å²) >= 11 is 0. The van der Waals surface area contributed by atoms with Gasteiger partial charge in [0.15, 0.2) is 11.5 Å². The molecule has 0 fully saturated rings. The highest BCUT2D eigenvalue weighted by molar-refractivity contribution is 6.02. The molecule has 0 saturated heterocycles. The van der Waals surface area contributed by atoms with E-state index in [-0.39, 0.29) is 18.1 Å². The van der Waals surface area contributed by atoms with Crippen LogP contribution < -0.4 is 9.47 Å². The molecule has 0 unspecified atom stereocenters. The summed E-state index contributed by atoms with van der Waals surface area (Å²) in [5, 5.41) is 15.3. The second kappa shape index (κ2) is 7.25. The van der Waals surface area contributed by atoms with Crippen molar-refractivity contribution in [1.29, 1.82) is 0 Å². The number of aromatic hydroxyl groups is 1. The van der Waals surface area contributed by atoms with Crippen LogP contribution in [0.1, 0.15) is 17.5 Å². The number of phenolic OH excluding ortho intramolecular Hbond substituents is 1. The molecule has 6 heteroatoms. The minimum atomic E-state index is -0.0969. The first-order valence-corrected chi connectivity index (χ1v) is 7.99. The van der Waals surface area contributed by atoms with Crippen LogP contribution in [0.25, 0.3) is 0 Å². The maximum atomic E-state index is 12.6. The zero-order valence-corrected chi connectivity index (χ0v) is 14.2. The fraction of sp³-hybridized carbons (Fsp3) is 0.263. The van der Waals surface area contributed by atoms with Gasteiger partial charge in [-0.1, -0.05) is 12.1 Å². The normalized spacial score (nSPS) is 13.5. The zero-order chi connectivity index (χ0) is 17.8. The first-order valence-electron chi connectivity index (χ1n) is 7.99. The molecule has 0 spiro atoms. The van der Waals surface area contributed by atoms with Crippen molar-refractivity contribution in [3.8, 4) is 17.2 Å². The van der Waals surface area contributed by atoms with Crippen LogP contribution >= 0.6 is 0 Å². The van der Waals surface area contributed by atoms with Crippen molar-refractivity contribution in [3.63, 3.8) is 0 Å². The molecule has 1 heterocycles. The Balaban J connectivity index is 1.75. The van der Waals surface area contributed by atoms with Gasteiger partial charge < -0.3 is 14.6 Å². The summed E-state index contributed by atoms with van der Waals surface area (Å²) in [4.78, 5) is 12.6. The van der Waals surface area contributed by atoms with Gasteiger partial charge in [-0.3, -0.25) is 4.79 Å². The quantitative estimate of drug-likeness (QED) is 0.908. The molecular weight excluding hydrogens is 320 g/mol. The topological polar surface area (TPSA) is 71.4 Å². The van der Waals surface area contributed by atoms with Crippen molar-refractivity contribution in [1.82, 2.24) is 5.01 Å². The number of para-hydroxylation sites is 1. The molecule has 3 rings (SSSR count). The molecule has 2 aromatic rings. The molecule has 130 valence electrons. The number of amides is 1. The van der Waals surface area contributed by atoms with Gasteiger partial charge in [0.1, 0.15) is 5.75 Å². The Morgan fingerprint density at radius 2 is 1.92 bits per heavy atom. The van der Waals surface area contributed by atoms with E-state index < -0.39 is 0 Å². The van der Waals surface area contributed by atoms with Crippen molar-refractivity contribution in [2.75, 3.05) is 20.8 Å². The fourth-order valence-corrected chi connectivity index (χ4v) is 2.84. The highest BCUT2D eigenvalue weighted by Gasteiger charge is 2.23. The molecule has 0 aromatic heterocycles. The first kappa shape index (κ1) is 16.8. The van der Waals surface area contributed by atoms with E-state index in [1.807, 2.05) is 12.1 Å². The predicted molar refractivity (Wildman–Crippen MR) is 94.2 cm³/mol. The van der Waals surface area contributed by atoms with E-state index in [1.54, 1.807) is 44.6 Å². The molecule has 0 aliphatic carbocycles. The van der Waals surface area contributed by atoms with Crippen LogP contribution in [-0.4, -0.2) is 42.5 Å². The van der Waals surface area contributed by atoms with E-state index in [1.165, 1.54) is 5.01 Å². The van der Waals surface area contributed by atoms with E-state index in [0.717, 1.165) is 16.8 Å². The van der Waals surface area contributed by atoms with Gasteiger partial charge in [-0.15, -0.1) is 0 Å². The number of ether oxygens (including phenoxy) is 2. The molecule has 1 N–H and O–H groups in total. The number of hydrogen-bond donors (Lipinski definition) is 1.